The number of carboxylic acid groups (broad SMARTS) is 1. The Morgan fingerprint density at radius 1 is 1.30 bits per heavy atom. The quantitative estimate of drug-likeness (QED) is 0.763. The average Bonchev–Trinajstić information content (AvgIpc) is 2.38. The Balaban J connectivity index is 2.63. The van der Waals surface area contributed by atoms with Crippen LogP contribution in [0.2, 0.25) is 0 Å². The third-order valence-electron chi connectivity index (χ3n) is 3.72. The van der Waals surface area contributed by atoms with Gasteiger partial charge in [-0.25, -0.2) is 9.59 Å². The molecule has 1 aliphatic rings. The van der Waals surface area contributed by atoms with Crippen LogP contribution in [0.4, 0.5) is 4.79 Å². The molecule has 1 saturated heterocycles. The predicted octanol–water partition coefficient (Wildman–Crippen LogP) is 0.375. The fraction of sp³-hybridized carbons (Fsp3) is 0.846. The Morgan fingerprint density at radius 3 is 2.30 bits per heavy atom. The van der Waals surface area contributed by atoms with Crippen molar-refractivity contribution in [2.45, 2.75) is 37.8 Å². The summed E-state index contributed by atoms with van der Waals surface area (Å²) in [7, 11) is 3.04. The normalized spacial score (nSPS) is 19.2. The summed E-state index contributed by atoms with van der Waals surface area (Å²) in [5.41, 5.74) is -0.950. The van der Waals surface area contributed by atoms with E-state index in [-0.39, 0.29) is 6.54 Å². The van der Waals surface area contributed by atoms with E-state index in [0.29, 0.717) is 32.5 Å². The number of nitrogens with zero attached hydrogens (tertiary/aromatic N) is 2. The molecule has 2 N–H and O–H groups in total. The molecule has 116 valence electrons. The lowest BCUT2D eigenvalue weighted by atomic mass is 9.94. The van der Waals surface area contributed by atoms with Gasteiger partial charge in [-0.15, -0.1) is 0 Å². The van der Waals surface area contributed by atoms with Crippen LogP contribution < -0.4 is 0 Å². The number of carbonyl (C=O) groups is 2. The van der Waals surface area contributed by atoms with Gasteiger partial charge in [-0.3, -0.25) is 0 Å². The van der Waals surface area contributed by atoms with Crippen molar-refractivity contribution in [3.63, 3.8) is 0 Å². The van der Waals surface area contributed by atoms with Crippen LogP contribution in [-0.2, 0) is 9.53 Å². The average molecular weight is 288 g/mol. The van der Waals surface area contributed by atoms with Crippen molar-refractivity contribution in [1.29, 1.82) is 0 Å². The maximum atomic E-state index is 12.2. The molecule has 0 bridgehead atoms. The first-order chi connectivity index (χ1) is 9.30. The van der Waals surface area contributed by atoms with Gasteiger partial charge in [0.15, 0.2) is 0 Å². The summed E-state index contributed by atoms with van der Waals surface area (Å²) in [5.74, 6) is -1.03. The van der Waals surface area contributed by atoms with Crippen molar-refractivity contribution < 1.29 is 24.5 Å². The molecule has 1 aliphatic heterocycles. The Kier molecular flexibility index (Phi) is 5.76. The summed E-state index contributed by atoms with van der Waals surface area (Å²) in [4.78, 5) is 25.9. The summed E-state index contributed by atoms with van der Waals surface area (Å²) in [6.45, 7) is 2.84. The van der Waals surface area contributed by atoms with Crippen molar-refractivity contribution >= 4 is 12.0 Å². The first kappa shape index (κ1) is 16.7. The lowest BCUT2D eigenvalue weighted by Crippen LogP contribution is -2.53. The number of ether oxygens (including phenoxy) is 1. The molecule has 1 fully saturated rings. The smallest absolute Gasteiger partial charge is 0.326 e. The monoisotopic (exact) mass is 288 g/mol. The number of amides is 2. The molecule has 1 unspecified atom stereocenters. The summed E-state index contributed by atoms with van der Waals surface area (Å²) < 4.78 is 5.19. The van der Waals surface area contributed by atoms with Gasteiger partial charge in [0.05, 0.1) is 12.1 Å². The third-order valence-corrected chi connectivity index (χ3v) is 3.72. The van der Waals surface area contributed by atoms with Gasteiger partial charge in [0.2, 0.25) is 0 Å². The standard InChI is InChI=1S/C13H24N2O5/c1-4-10(11(16)17)15(3)12(18)14(2)9-13(19)5-7-20-8-6-13/h10,19H,4-9H2,1-3H3,(H,16,17). The number of aliphatic hydroxyl groups is 1. The van der Waals surface area contributed by atoms with Gasteiger partial charge < -0.3 is 24.7 Å². The van der Waals surface area contributed by atoms with E-state index in [0.717, 1.165) is 0 Å². The van der Waals surface area contributed by atoms with Crippen LogP contribution >= 0.6 is 0 Å². The molecule has 0 spiro atoms. The van der Waals surface area contributed by atoms with Crippen LogP contribution in [0.25, 0.3) is 0 Å². The molecule has 1 heterocycles. The maximum absolute atomic E-state index is 12.2. The molecule has 0 aromatic carbocycles. The Bertz CT molecular complexity index is 355. The largest absolute Gasteiger partial charge is 0.480 e. The van der Waals surface area contributed by atoms with E-state index in [1.54, 1.807) is 14.0 Å². The van der Waals surface area contributed by atoms with Gasteiger partial charge >= 0.3 is 12.0 Å². The second-order valence-corrected chi connectivity index (χ2v) is 5.35. The van der Waals surface area contributed by atoms with Gasteiger partial charge in [-0.05, 0) is 6.42 Å². The lowest BCUT2D eigenvalue weighted by Gasteiger charge is -2.37. The number of likely N-dealkylation sites (N-methyl/N-ethyl adjacent to an activating group) is 2. The zero-order valence-electron chi connectivity index (χ0n) is 12.3. The SMILES string of the molecule is CCC(C(=O)O)N(C)C(=O)N(C)CC1(O)CCOCC1. The van der Waals surface area contributed by atoms with Crippen LogP contribution in [0.15, 0.2) is 0 Å². The van der Waals surface area contributed by atoms with Gasteiger partial charge in [0.25, 0.3) is 0 Å². The Labute approximate surface area is 119 Å². The molecule has 0 radical (unpaired) electrons. The number of urea groups is 1. The fourth-order valence-corrected chi connectivity index (χ4v) is 2.44. The highest BCUT2D eigenvalue weighted by Gasteiger charge is 2.34. The summed E-state index contributed by atoms with van der Waals surface area (Å²) in [5, 5.41) is 19.4. The molecule has 0 aromatic heterocycles. The first-order valence-electron chi connectivity index (χ1n) is 6.81. The van der Waals surface area contributed by atoms with Crippen LogP contribution in [0.1, 0.15) is 26.2 Å². The third kappa shape index (κ3) is 4.08. The number of carbonyl (C=O) groups excluding carboxylic acids is 1. The molecular weight excluding hydrogens is 264 g/mol. The van der Waals surface area contributed by atoms with Gasteiger partial charge in [0.1, 0.15) is 6.04 Å². The summed E-state index contributed by atoms with van der Waals surface area (Å²) in [6, 6.07) is -1.26. The van der Waals surface area contributed by atoms with Crippen molar-refractivity contribution in [1.82, 2.24) is 9.80 Å². The van der Waals surface area contributed by atoms with Crippen LogP contribution in [0.3, 0.4) is 0 Å². The van der Waals surface area contributed by atoms with Crippen LogP contribution in [-0.4, -0.2) is 77.5 Å². The minimum atomic E-state index is -1.03. The number of carboxylic acids is 1. The highest BCUT2D eigenvalue weighted by molar-refractivity contribution is 5.82. The number of hydrogen-bond acceptors (Lipinski definition) is 4. The molecule has 2 amide bonds. The molecule has 1 rings (SSSR count). The van der Waals surface area contributed by atoms with E-state index in [1.807, 2.05) is 0 Å². The summed E-state index contributed by atoms with van der Waals surface area (Å²) >= 11 is 0. The zero-order chi connectivity index (χ0) is 15.3. The van der Waals surface area contributed by atoms with E-state index in [2.05, 4.69) is 0 Å². The Morgan fingerprint density at radius 2 is 1.85 bits per heavy atom. The number of hydrogen-bond donors (Lipinski definition) is 2. The second-order valence-electron chi connectivity index (χ2n) is 5.35. The van der Waals surface area contributed by atoms with E-state index in [4.69, 9.17) is 9.84 Å². The van der Waals surface area contributed by atoms with Crippen LogP contribution in [0.5, 0.6) is 0 Å². The molecule has 1 atom stereocenters. The van der Waals surface area contributed by atoms with Crippen molar-refractivity contribution in [3.8, 4) is 0 Å². The molecule has 0 aliphatic carbocycles. The van der Waals surface area contributed by atoms with E-state index in [9.17, 15) is 14.7 Å². The van der Waals surface area contributed by atoms with Crippen LogP contribution in [0, 0.1) is 0 Å². The predicted molar refractivity (Wildman–Crippen MR) is 72.5 cm³/mol. The van der Waals surface area contributed by atoms with Crippen molar-refractivity contribution in [3.05, 3.63) is 0 Å². The Hall–Kier alpha value is -1.34. The highest BCUT2D eigenvalue weighted by atomic mass is 16.5. The topological polar surface area (TPSA) is 90.3 Å². The van der Waals surface area contributed by atoms with Crippen molar-refractivity contribution in [2.75, 3.05) is 33.9 Å². The number of aliphatic carboxylic acids is 1. The molecule has 0 aromatic rings. The van der Waals surface area contributed by atoms with E-state index >= 15 is 0 Å². The van der Waals surface area contributed by atoms with E-state index < -0.39 is 23.6 Å². The minimum absolute atomic E-state index is 0.176. The molecule has 0 saturated carbocycles. The molecule has 7 nitrogen and oxygen atoms in total. The molecule has 20 heavy (non-hydrogen) atoms. The number of rotatable bonds is 5. The lowest BCUT2D eigenvalue weighted by molar-refractivity contribution is -0.142. The first-order valence-corrected chi connectivity index (χ1v) is 6.81. The molecular formula is C13H24N2O5. The maximum Gasteiger partial charge on any atom is 0.326 e. The van der Waals surface area contributed by atoms with E-state index in [1.165, 1.54) is 16.8 Å². The highest BCUT2D eigenvalue weighted by Crippen LogP contribution is 2.21. The fourth-order valence-electron chi connectivity index (χ4n) is 2.44. The van der Waals surface area contributed by atoms with Gasteiger partial charge in [-0.1, -0.05) is 6.92 Å². The summed E-state index contributed by atoms with van der Waals surface area (Å²) in [6.07, 6.45) is 1.29. The van der Waals surface area contributed by atoms with Gasteiger partial charge in [0, 0.05) is 40.2 Å². The molecule has 7 heteroatoms. The zero-order valence-corrected chi connectivity index (χ0v) is 12.3. The second kappa shape index (κ2) is 6.90. The van der Waals surface area contributed by atoms with Crippen molar-refractivity contribution in [2.24, 2.45) is 0 Å². The van der Waals surface area contributed by atoms with Gasteiger partial charge in [-0.2, -0.15) is 0 Å². The minimum Gasteiger partial charge on any atom is -0.480 e.